The van der Waals surface area contributed by atoms with Crippen molar-refractivity contribution in [3.63, 3.8) is 0 Å². The quantitative estimate of drug-likeness (QED) is 0.653. The van der Waals surface area contributed by atoms with E-state index in [0.717, 1.165) is 10.1 Å². The largest absolute Gasteiger partial charge is 0.330 e. The van der Waals surface area contributed by atoms with Crippen molar-refractivity contribution in [1.82, 2.24) is 9.13 Å². The van der Waals surface area contributed by atoms with Crippen LogP contribution in [0.5, 0.6) is 0 Å². The van der Waals surface area contributed by atoms with Crippen LogP contribution in [0.1, 0.15) is 19.4 Å². The van der Waals surface area contributed by atoms with Gasteiger partial charge < -0.3 is 4.57 Å². The fourth-order valence-corrected chi connectivity index (χ4v) is 1.23. The van der Waals surface area contributed by atoms with Gasteiger partial charge in [-0.3, -0.25) is 9.36 Å². The normalized spacial score (nSPS) is 11.9. The van der Waals surface area contributed by atoms with Gasteiger partial charge in [0.2, 0.25) is 0 Å². The number of hydrogen-bond acceptors (Lipinski definition) is 2. The molecule has 76 valence electrons. The maximum atomic E-state index is 11.7. The molecule has 0 unspecified atom stereocenters. The molecule has 0 spiro atoms. The highest BCUT2D eigenvalue weighted by molar-refractivity contribution is 5.61. The molecule has 0 saturated heterocycles. The topological polar surface area (TPSA) is 44.0 Å². The van der Waals surface area contributed by atoms with Gasteiger partial charge in [-0.1, -0.05) is 6.08 Å². The molecule has 0 radical (unpaired) electrons. The van der Waals surface area contributed by atoms with Crippen molar-refractivity contribution in [2.24, 2.45) is 14.1 Å². The van der Waals surface area contributed by atoms with E-state index in [0.29, 0.717) is 5.56 Å². The lowest BCUT2D eigenvalue weighted by molar-refractivity contribution is 0.682. The molecule has 1 aromatic rings. The molecule has 14 heavy (non-hydrogen) atoms. The molecule has 0 N–H and O–H groups in total. The predicted molar refractivity (Wildman–Crippen MR) is 56.2 cm³/mol. The zero-order valence-corrected chi connectivity index (χ0v) is 8.87. The third-order valence-corrected chi connectivity index (χ3v) is 2.30. The smallest absolute Gasteiger partial charge is 0.303 e. The van der Waals surface area contributed by atoms with E-state index in [1.807, 2.05) is 19.9 Å². The van der Waals surface area contributed by atoms with Gasteiger partial charge in [-0.25, -0.2) is 4.79 Å². The van der Waals surface area contributed by atoms with E-state index in [4.69, 9.17) is 0 Å². The summed E-state index contributed by atoms with van der Waals surface area (Å²) in [5, 5.41) is 0. The Morgan fingerprint density at radius 1 is 1.36 bits per heavy atom. The summed E-state index contributed by atoms with van der Waals surface area (Å²) in [7, 11) is 3.12. The molecule has 4 nitrogen and oxygen atoms in total. The molecule has 1 aromatic heterocycles. The standard InChI is InChI=1S/C10H14N2O2/c1-5-7(2)8-6-11(3)10(14)12(4)9(8)13/h5-6H,1-4H3/b7-5-. The second kappa shape index (κ2) is 3.65. The van der Waals surface area contributed by atoms with Crippen molar-refractivity contribution in [2.45, 2.75) is 13.8 Å². The van der Waals surface area contributed by atoms with Crippen LogP contribution in [0.3, 0.4) is 0 Å². The van der Waals surface area contributed by atoms with Crippen molar-refractivity contribution in [1.29, 1.82) is 0 Å². The van der Waals surface area contributed by atoms with E-state index in [2.05, 4.69) is 0 Å². The van der Waals surface area contributed by atoms with Crippen LogP contribution in [-0.4, -0.2) is 9.13 Å². The first-order valence-corrected chi connectivity index (χ1v) is 4.39. The molecule has 4 heteroatoms. The highest BCUT2D eigenvalue weighted by Crippen LogP contribution is 2.05. The lowest BCUT2D eigenvalue weighted by atomic mass is 10.1. The van der Waals surface area contributed by atoms with Crippen LogP contribution >= 0.6 is 0 Å². The van der Waals surface area contributed by atoms with E-state index in [-0.39, 0.29) is 11.2 Å². The van der Waals surface area contributed by atoms with Crippen molar-refractivity contribution >= 4 is 5.57 Å². The maximum Gasteiger partial charge on any atom is 0.330 e. The summed E-state index contributed by atoms with van der Waals surface area (Å²) in [5.74, 6) is 0. The Morgan fingerprint density at radius 3 is 2.43 bits per heavy atom. The molecule has 0 amide bonds. The number of hydrogen-bond donors (Lipinski definition) is 0. The van der Waals surface area contributed by atoms with Crippen LogP contribution < -0.4 is 11.2 Å². The van der Waals surface area contributed by atoms with E-state index in [1.54, 1.807) is 13.2 Å². The molecule has 0 aliphatic heterocycles. The minimum absolute atomic E-state index is 0.247. The molecule has 1 rings (SSSR count). The van der Waals surface area contributed by atoms with Crippen LogP contribution in [0, 0.1) is 0 Å². The highest BCUT2D eigenvalue weighted by atomic mass is 16.2. The summed E-state index contributed by atoms with van der Waals surface area (Å²) in [4.78, 5) is 23.0. The summed E-state index contributed by atoms with van der Waals surface area (Å²) in [5.41, 5.74) is 0.893. The SMILES string of the molecule is C/C=C(/C)c1cn(C)c(=O)n(C)c1=O. The van der Waals surface area contributed by atoms with Crippen LogP contribution in [0.25, 0.3) is 5.57 Å². The monoisotopic (exact) mass is 194 g/mol. The average molecular weight is 194 g/mol. The highest BCUT2D eigenvalue weighted by Gasteiger charge is 2.06. The maximum absolute atomic E-state index is 11.7. The van der Waals surface area contributed by atoms with Gasteiger partial charge in [0.15, 0.2) is 0 Å². The summed E-state index contributed by atoms with van der Waals surface area (Å²) in [6.07, 6.45) is 3.42. The van der Waals surface area contributed by atoms with Gasteiger partial charge in [-0.2, -0.15) is 0 Å². The van der Waals surface area contributed by atoms with Gasteiger partial charge in [-0.05, 0) is 19.4 Å². The fraction of sp³-hybridized carbons (Fsp3) is 0.400. The Morgan fingerprint density at radius 2 is 1.93 bits per heavy atom. The zero-order chi connectivity index (χ0) is 10.9. The van der Waals surface area contributed by atoms with Crippen LogP contribution in [0.4, 0.5) is 0 Å². The summed E-state index contributed by atoms with van der Waals surface area (Å²) < 4.78 is 2.52. The number of aromatic nitrogens is 2. The van der Waals surface area contributed by atoms with E-state index in [9.17, 15) is 9.59 Å². The number of allylic oxidation sites excluding steroid dienone is 2. The minimum atomic E-state index is -0.303. The average Bonchev–Trinajstić information content (AvgIpc) is 2.19. The Bertz CT molecular complexity index is 492. The predicted octanol–water partition coefficient (Wildman–Crippen LogP) is 0.507. The molecule has 0 atom stereocenters. The second-order valence-electron chi connectivity index (χ2n) is 3.27. The van der Waals surface area contributed by atoms with E-state index < -0.39 is 0 Å². The van der Waals surface area contributed by atoms with Crippen LogP contribution in [-0.2, 0) is 14.1 Å². The molecule has 1 heterocycles. The molecule has 0 saturated carbocycles. The summed E-state index contributed by atoms with van der Waals surface area (Å²) >= 11 is 0. The first-order valence-electron chi connectivity index (χ1n) is 4.39. The Kier molecular flexibility index (Phi) is 2.74. The van der Waals surface area contributed by atoms with Crippen molar-refractivity contribution < 1.29 is 0 Å². The molecule has 0 fully saturated rings. The van der Waals surface area contributed by atoms with Gasteiger partial charge >= 0.3 is 5.69 Å². The Balaban J connectivity index is 3.66. The number of rotatable bonds is 1. The summed E-state index contributed by atoms with van der Waals surface area (Å²) in [6.45, 7) is 3.71. The minimum Gasteiger partial charge on any atom is -0.303 e. The Hall–Kier alpha value is -1.58. The lowest BCUT2D eigenvalue weighted by Crippen LogP contribution is -2.38. The van der Waals surface area contributed by atoms with Crippen LogP contribution in [0.15, 0.2) is 21.9 Å². The summed E-state index contributed by atoms with van der Waals surface area (Å²) in [6, 6.07) is 0. The molecular weight excluding hydrogens is 180 g/mol. The van der Waals surface area contributed by atoms with Gasteiger partial charge in [0, 0.05) is 20.3 Å². The number of nitrogens with zero attached hydrogens (tertiary/aromatic N) is 2. The van der Waals surface area contributed by atoms with Crippen molar-refractivity contribution in [3.05, 3.63) is 38.7 Å². The molecule has 0 aliphatic carbocycles. The molecular formula is C10H14N2O2. The molecule has 0 aliphatic rings. The Labute approximate surface area is 82.1 Å². The third kappa shape index (κ3) is 1.55. The van der Waals surface area contributed by atoms with Gasteiger partial charge in [0.1, 0.15) is 0 Å². The first-order chi connectivity index (χ1) is 6.49. The van der Waals surface area contributed by atoms with Gasteiger partial charge in [0.25, 0.3) is 5.56 Å². The van der Waals surface area contributed by atoms with Crippen LogP contribution in [0.2, 0.25) is 0 Å². The second-order valence-corrected chi connectivity index (χ2v) is 3.27. The zero-order valence-electron chi connectivity index (χ0n) is 8.87. The van der Waals surface area contributed by atoms with E-state index in [1.165, 1.54) is 11.6 Å². The molecule has 0 bridgehead atoms. The third-order valence-electron chi connectivity index (χ3n) is 2.30. The van der Waals surface area contributed by atoms with Crippen molar-refractivity contribution in [3.8, 4) is 0 Å². The van der Waals surface area contributed by atoms with Gasteiger partial charge in [0.05, 0.1) is 5.56 Å². The first kappa shape index (κ1) is 10.5. The molecule has 0 aromatic carbocycles. The van der Waals surface area contributed by atoms with Gasteiger partial charge in [-0.15, -0.1) is 0 Å². The van der Waals surface area contributed by atoms with E-state index >= 15 is 0 Å². The lowest BCUT2D eigenvalue weighted by Gasteiger charge is -2.06. The fourth-order valence-electron chi connectivity index (χ4n) is 1.23. The van der Waals surface area contributed by atoms with Crippen molar-refractivity contribution in [2.75, 3.05) is 0 Å². The number of aryl methyl sites for hydroxylation is 1.